The van der Waals surface area contributed by atoms with Gasteiger partial charge in [0.05, 0.1) is 24.9 Å². The van der Waals surface area contributed by atoms with Gasteiger partial charge >= 0.3 is 0 Å². The molecule has 2 rings (SSSR count). The molecule has 0 spiro atoms. The summed E-state index contributed by atoms with van der Waals surface area (Å²) in [4.78, 5) is 13.7. The first-order valence-electron chi connectivity index (χ1n) is 8.00. The van der Waals surface area contributed by atoms with E-state index in [9.17, 15) is 4.79 Å². The van der Waals surface area contributed by atoms with E-state index in [0.717, 1.165) is 30.8 Å². The minimum Gasteiger partial charge on any atom is -0.376 e. The molecule has 1 atom stereocenters. The smallest absolute Gasteiger partial charge is 0.248 e. The molecule has 0 bridgehead atoms. The fraction of sp³-hybridized carbons (Fsp3) is 0.750. The molecule has 22 heavy (non-hydrogen) atoms. The third-order valence-electron chi connectivity index (χ3n) is 3.98. The molecule has 6 heteroatoms. The lowest BCUT2D eigenvalue weighted by molar-refractivity contribution is -0.137. The second-order valence-electron chi connectivity index (χ2n) is 5.97. The molecule has 1 amide bonds. The first-order valence-corrected chi connectivity index (χ1v) is 8.00. The van der Waals surface area contributed by atoms with Gasteiger partial charge in [-0.05, 0) is 39.2 Å². The Balaban J connectivity index is 1.65. The molecule has 1 aliphatic rings. The Labute approximate surface area is 132 Å². The van der Waals surface area contributed by atoms with Crippen LogP contribution in [0.15, 0.2) is 6.07 Å². The van der Waals surface area contributed by atoms with E-state index in [1.54, 1.807) is 11.9 Å². The van der Waals surface area contributed by atoms with Crippen LogP contribution in [0.4, 0.5) is 0 Å². The summed E-state index contributed by atoms with van der Waals surface area (Å²) in [6, 6.07) is 2.04. The first kappa shape index (κ1) is 17.0. The second kappa shape index (κ2) is 8.29. The average molecular weight is 309 g/mol. The monoisotopic (exact) mass is 309 g/mol. The normalized spacial score (nSPS) is 18.4. The van der Waals surface area contributed by atoms with E-state index in [1.165, 1.54) is 6.42 Å². The number of aryl methyl sites for hydroxylation is 2. The highest BCUT2D eigenvalue weighted by atomic mass is 16.5. The second-order valence-corrected chi connectivity index (χ2v) is 5.97. The number of carbonyl (C=O) groups is 1. The molecule has 6 nitrogen and oxygen atoms in total. The van der Waals surface area contributed by atoms with E-state index in [4.69, 9.17) is 9.47 Å². The lowest BCUT2D eigenvalue weighted by atomic mass is 10.1. The van der Waals surface area contributed by atoms with Gasteiger partial charge in [-0.15, -0.1) is 0 Å². The zero-order valence-corrected chi connectivity index (χ0v) is 13.9. The van der Waals surface area contributed by atoms with Gasteiger partial charge in [0.2, 0.25) is 5.91 Å². The van der Waals surface area contributed by atoms with E-state index < -0.39 is 0 Å². The number of rotatable bonds is 7. The Morgan fingerprint density at radius 1 is 1.50 bits per heavy atom. The molecule has 0 aliphatic carbocycles. The molecule has 124 valence electrons. The van der Waals surface area contributed by atoms with Crippen LogP contribution in [0.3, 0.4) is 0 Å². The highest BCUT2D eigenvalue weighted by Crippen LogP contribution is 2.12. The predicted molar refractivity (Wildman–Crippen MR) is 83.7 cm³/mol. The number of ether oxygens (including phenoxy) is 2. The molecule has 0 N–H and O–H groups in total. The fourth-order valence-electron chi connectivity index (χ4n) is 2.60. The molecule has 2 heterocycles. The number of hydrogen-bond donors (Lipinski definition) is 0. The van der Waals surface area contributed by atoms with Crippen molar-refractivity contribution in [2.24, 2.45) is 0 Å². The van der Waals surface area contributed by atoms with Gasteiger partial charge in [0, 0.05) is 25.9 Å². The van der Waals surface area contributed by atoms with E-state index in [1.807, 2.05) is 24.6 Å². The number of carbonyl (C=O) groups excluding carboxylic acids is 1. The maximum atomic E-state index is 12.0. The van der Waals surface area contributed by atoms with Crippen molar-refractivity contribution in [1.82, 2.24) is 14.7 Å². The number of likely N-dealkylation sites (N-methyl/N-ethyl adjacent to an activating group) is 1. The van der Waals surface area contributed by atoms with Crippen LogP contribution in [0, 0.1) is 13.8 Å². The Hall–Kier alpha value is -1.40. The van der Waals surface area contributed by atoms with Crippen molar-refractivity contribution >= 4 is 5.91 Å². The molecule has 0 saturated carbocycles. The number of hydrogen-bond acceptors (Lipinski definition) is 4. The van der Waals surface area contributed by atoms with Crippen LogP contribution in [-0.4, -0.2) is 60.1 Å². The van der Waals surface area contributed by atoms with Gasteiger partial charge in [0.25, 0.3) is 0 Å². The molecule has 1 aromatic heterocycles. The fourth-order valence-corrected chi connectivity index (χ4v) is 2.60. The quantitative estimate of drug-likeness (QED) is 0.767. The molecule has 1 aromatic rings. The Bertz CT molecular complexity index is 481. The summed E-state index contributed by atoms with van der Waals surface area (Å²) in [5.74, 6) is -0.00246. The highest BCUT2D eigenvalue weighted by Gasteiger charge is 2.15. The van der Waals surface area contributed by atoms with Crippen LogP contribution in [0.25, 0.3) is 0 Å². The van der Waals surface area contributed by atoms with Crippen molar-refractivity contribution in [3.8, 4) is 0 Å². The molecule has 1 aliphatic heterocycles. The zero-order valence-electron chi connectivity index (χ0n) is 13.9. The Morgan fingerprint density at radius 2 is 2.32 bits per heavy atom. The molecule has 0 radical (unpaired) electrons. The predicted octanol–water partition coefficient (Wildman–Crippen LogP) is 1.54. The van der Waals surface area contributed by atoms with Crippen molar-refractivity contribution in [3.63, 3.8) is 0 Å². The van der Waals surface area contributed by atoms with Crippen molar-refractivity contribution in [2.45, 2.75) is 45.8 Å². The van der Waals surface area contributed by atoms with E-state index >= 15 is 0 Å². The van der Waals surface area contributed by atoms with Gasteiger partial charge in [-0.1, -0.05) is 0 Å². The van der Waals surface area contributed by atoms with E-state index in [-0.39, 0.29) is 18.6 Å². The van der Waals surface area contributed by atoms with Gasteiger partial charge in [-0.2, -0.15) is 5.10 Å². The summed E-state index contributed by atoms with van der Waals surface area (Å²) in [5.41, 5.74) is 2.12. The third-order valence-corrected chi connectivity index (χ3v) is 3.98. The summed E-state index contributed by atoms with van der Waals surface area (Å²) < 4.78 is 13.0. The van der Waals surface area contributed by atoms with Gasteiger partial charge in [0.1, 0.15) is 6.61 Å². The van der Waals surface area contributed by atoms with Crippen molar-refractivity contribution in [1.29, 1.82) is 0 Å². The van der Waals surface area contributed by atoms with Crippen molar-refractivity contribution < 1.29 is 14.3 Å². The lowest BCUT2D eigenvalue weighted by Gasteiger charge is -2.23. The van der Waals surface area contributed by atoms with Gasteiger partial charge < -0.3 is 14.4 Å². The summed E-state index contributed by atoms with van der Waals surface area (Å²) in [6.45, 7) is 6.77. The average Bonchev–Trinajstić information content (AvgIpc) is 2.83. The van der Waals surface area contributed by atoms with E-state index in [2.05, 4.69) is 5.10 Å². The SMILES string of the molecule is Cc1cc(C)n(CCN(C)C(=O)COC[C@H]2CCCCO2)n1. The highest BCUT2D eigenvalue weighted by molar-refractivity contribution is 5.77. The maximum absolute atomic E-state index is 12.0. The standard InChI is InChI=1S/C16H27N3O3/c1-13-10-14(2)19(17-13)8-7-18(3)16(20)12-21-11-15-6-4-5-9-22-15/h10,15H,4-9,11-12H2,1-3H3/t15-/m1/s1. The number of nitrogens with zero attached hydrogens (tertiary/aromatic N) is 3. The summed E-state index contributed by atoms with van der Waals surface area (Å²) >= 11 is 0. The molecular weight excluding hydrogens is 282 g/mol. The van der Waals surface area contributed by atoms with Crippen LogP contribution < -0.4 is 0 Å². The Kier molecular flexibility index (Phi) is 6.39. The lowest BCUT2D eigenvalue weighted by Crippen LogP contribution is -2.34. The van der Waals surface area contributed by atoms with Crippen LogP contribution in [0.5, 0.6) is 0 Å². The number of amides is 1. The topological polar surface area (TPSA) is 56.6 Å². The summed E-state index contributed by atoms with van der Waals surface area (Å²) in [7, 11) is 1.80. The van der Waals surface area contributed by atoms with Gasteiger partial charge in [-0.3, -0.25) is 9.48 Å². The van der Waals surface area contributed by atoms with Crippen LogP contribution in [0.2, 0.25) is 0 Å². The van der Waals surface area contributed by atoms with Gasteiger partial charge in [0.15, 0.2) is 0 Å². The molecule has 1 saturated heterocycles. The zero-order chi connectivity index (χ0) is 15.9. The maximum Gasteiger partial charge on any atom is 0.248 e. The number of aromatic nitrogens is 2. The minimum absolute atomic E-state index is 0.00246. The molecule has 0 aromatic carbocycles. The molecule has 1 fully saturated rings. The largest absolute Gasteiger partial charge is 0.376 e. The third kappa shape index (κ3) is 5.10. The molecule has 0 unspecified atom stereocenters. The Morgan fingerprint density at radius 3 is 2.95 bits per heavy atom. The van der Waals surface area contributed by atoms with Crippen LogP contribution in [0.1, 0.15) is 30.7 Å². The van der Waals surface area contributed by atoms with E-state index in [0.29, 0.717) is 19.7 Å². The van der Waals surface area contributed by atoms with Crippen molar-refractivity contribution in [2.75, 3.05) is 33.4 Å². The minimum atomic E-state index is -0.00246. The first-order chi connectivity index (χ1) is 10.6. The summed E-state index contributed by atoms with van der Waals surface area (Å²) in [5, 5.41) is 4.40. The summed E-state index contributed by atoms with van der Waals surface area (Å²) in [6.07, 6.45) is 3.50. The van der Waals surface area contributed by atoms with Crippen LogP contribution >= 0.6 is 0 Å². The van der Waals surface area contributed by atoms with Crippen molar-refractivity contribution in [3.05, 3.63) is 17.5 Å². The van der Waals surface area contributed by atoms with Crippen LogP contribution in [-0.2, 0) is 20.8 Å². The van der Waals surface area contributed by atoms with Gasteiger partial charge in [-0.25, -0.2) is 0 Å². The molecular formula is C16H27N3O3.